The van der Waals surface area contributed by atoms with Crippen molar-refractivity contribution in [2.75, 3.05) is 26.3 Å². The van der Waals surface area contributed by atoms with Gasteiger partial charge in [-0.25, -0.2) is 0 Å². The van der Waals surface area contributed by atoms with Gasteiger partial charge in [-0.1, -0.05) is 13.8 Å². The Morgan fingerprint density at radius 1 is 1.41 bits per heavy atom. The Morgan fingerprint density at radius 2 is 2.06 bits per heavy atom. The first-order chi connectivity index (χ1) is 7.91. The topological polar surface area (TPSA) is 98.6 Å². The molecule has 0 radical (unpaired) electrons. The summed E-state index contributed by atoms with van der Waals surface area (Å²) in [6, 6.07) is -0.287. The fourth-order valence-corrected chi connectivity index (χ4v) is 1.92. The SMILES string of the molecule is CC(C)CN(CC(N)=O)C(=O)C1COCC1N. The third-order valence-electron chi connectivity index (χ3n) is 2.69. The molecule has 4 N–H and O–H groups in total. The second-order valence-electron chi connectivity index (χ2n) is 4.89. The van der Waals surface area contributed by atoms with Gasteiger partial charge in [0.05, 0.1) is 25.7 Å². The number of nitrogens with zero attached hydrogens (tertiary/aromatic N) is 1. The molecular weight excluding hydrogens is 222 g/mol. The van der Waals surface area contributed by atoms with Gasteiger partial charge < -0.3 is 21.1 Å². The van der Waals surface area contributed by atoms with Crippen molar-refractivity contribution in [3.05, 3.63) is 0 Å². The van der Waals surface area contributed by atoms with Gasteiger partial charge in [-0.15, -0.1) is 0 Å². The highest BCUT2D eigenvalue weighted by molar-refractivity contribution is 5.85. The number of amides is 2. The highest BCUT2D eigenvalue weighted by Crippen LogP contribution is 2.15. The Labute approximate surface area is 101 Å². The summed E-state index contributed by atoms with van der Waals surface area (Å²) >= 11 is 0. The van der Waals surface area contributed by atoms with Crippen LogP contribution in [0.2, 0.25) is 0 Å². The lowest BCUT2D eigenvalue weighted by Gasteiger charge is -2.26. The second-order valence-corrected chi connectivity index (χ2v) is 4.89. The van der Waals surface area contributed by atoms with E-state index in [0.717, 1.165) is 0 Å². The molecule has 6 nitrogen and oxygen atoms in total. The summed E-state index contributed by atoms with van der Waals surface area (Å²) in [4.78, 5) is 24.6. The normalized spacial score (nSPS) is 24.0. The van der Waals surface area contributed by atoms with Crippen LogP contribution in [0.25, 0.3) is 0 Å². The van der Waals surface area contributed by atoms with Crippen molar-refractivity contribution >= 4 is 11.8 Å². The molecule has 1 fully saturated rings. The summed E-state index contributed by atoms with van der Waals surface area (Å²) in [5, 5.41) is 0. The van der Waals surface area contributed by atoms with E-state index < -0.39 is 5.91 Å². The zero-order valence-electron chi connectivity index (χ0n) is 10.4. The van der Waals surface area contributed by atoms with Crippen LogP contribution in [-0.4, -0.2) is 49.1 Å². The van der Waals surface area contributed by atoms with Crippen molar-refractivity contribution in [1.29, 1.82) is 0 Å². The average molecular weight is 243 g/mol. The van der Waals surface area contributed by atoms with Gasteiger partial charge in [-0.2, -0.15) is 0 Å². The van der Waals surface area contributed by atoms with Crippen LogP contribution in [0.5, 0.6) is 0 Å². The Hall–Kier alpha value is -1.14. The van der Waals surface area contributed by atoms with Gasteiger partial charge in [-0.05, 0) is 5.92 Å². The van der Waals surface area contributed by atoms with E-state index in [4.69, 9.17) is 16.2 Å². The molecule has 0 saturated carbocycles. The number of hydrogen-bond donors (Lipinski definition) is 2. The highest BCUT2D eigenvalue weighted by atomic mass is 16.5. The van der Waals surface area contributed by atoms with Crippen molar-refractivity contribution in [2.45, 2.75) is 19.9 Å². The molecule has 1 rings (SSSR count). The van der Waals surface area contributed by atoms with Gasteiger partial charge in [0, 0.05) is 12.6 Å². The lowest BCUT2D eigenvalue weighted by Crippen LogP contribution is -2.47. The molecule has 1 aliphatic rings. The number of rotatable bonds is 5. The standard InChI is InChI=1S/C11H21N3O3/c1-7(2)3-14(4-10(13)15)11(16)8-5-17-6-9(8)12/h7-9H,3-6,12H2,1-2H3,(H2,13,15). The fourth-order valence-electron chi connectivity index (χ4n) is 1.92. The van der Waals surface area contributed by atoms with Crippen molar-refractivity contribution < 1.29 is 14.3 Å². The first-order valence-electron chi connectivity index (χ1n) is 5.82. The summed E-state index contributed by atoms with van der Waals surface area (Å²) in [5.41, 5.74) is 10.9. The summed E-state index contributed by atoms with van der Waals surface area (Å²) < 4.78 is 5.16. The lowest BCUT2D eigenvalue weighted by molar-refractivity contribution is -0.139. The first-order valence-corrected chi connectivity index (χ1v) is 5.82. The monoisotopic (exact) mass is 243 g/mol. The van der Waals surface area contributed by atoms with E-state index in [-0.39, 0.29) is 30.3 Å². The van der Waals surface area contributed by atoms with Crippen LogP contribution in [0, 0.1) is 11.8 Å². The zero-order chi connectivity index (χ0) is 13.0. The number of nitrogens with two attached hydrogens (primary N) is 2. The number of hydrogen-bond acceptors (Lipinski definition) is 4. The Morgan fingerprint density at radius 3 is 2.47 bits per heavy atom. The molecule has 2 amide bonds. The van der Waals surface area contributed by atoms with Crippen molar-refractivity contribution in [3.63, 3.8) is 0 Å². The molecule has 1 saturated heterocycles. The van der Waals surface area contributed by atoms with Crippen LogP contribution in [0.4, 0.5) is 0 Å². The third-order valence-corrected chi connectivity index (χ3v) is 2.69. The Balaban J connectivity index is 2.67. The van der Waals surface area contributed by atoms with Crippen LogP contribution in [0.1, 0.15) is 13.8 Å². The lowest BCUT2D eigenvalue weighted by atomic mass is 10.0. The molecule has 6 heteroatoms. The van der Waals surface area contributed by atoms with Crippen LogP contribution >= 0.6 is 0 Å². The maximum atomic E-state index is 12.2. The third kappa shape index (κ3) is 3.98. The molecule has 98 valence electrons. The fraction of sp³-hybridized carbons (Fsp3) is 0.818. The molecule has 0 spiro atoms. The molecule has 0 aromatic heterocycles. The average Bonchev–Trinajstić information content (AvgIpc) is 2.61. The Bertz CT molecular complexity index is 294. The maximum absolute atomic E-state index is 12.2. The van der Waals surface area contributed by atoms with Gasteiger partial charge in [0.15, 0.2) is 0 Å². The van der Waals surface area contributed by atoms with E-state index in [9.17, 15) is 9.59 Å². The summed E-state index contributed by atoms with van der Waals surface area (Å²) in [5.74, 6) is -0.723. The van der Waals surface area contributed by atoms with Crippen molar-refractivity contribution in [1.82, 2.24) is 4.90 Å². The number of carbonyl (C=O) groups excluding carboxylic acids is 2. The summed E-state index contributed by atoms with van der Waals surface area (Å²) in [6.07, 6.45) is 0. The largest absolute Gasteiger partial charge is 0.379 e. The molecule has 0 aromatic carbocycles. The molecule has 2 atom stereocenters. The quantitative estimate of drug-likeness (QED) is 0.642. The number of ether oxygens (including phenoxy) is 1. The predicted octanol–water partition coefficient (Wildman–Crippen LogP) is -1.07. The van der Waals surface area contributed by atoms with Crippen LogP contribution in [0.15, 0.2) is 0 Å². The van der Waals surface area contributed by atoms with Gasteiger partial charge in [0.2, 0.25) is 11.8 Å². The van der Waals surface area contributed by atoms with E-state index in [1.54, 1.807) is 0 Å². The van der Waals surface area contributed by atoms with Crippen molar-refractivity contribution in [3.8, 4) is 0 Å². The van der Waals surface area contributed by atoms with Gasteiger partial charge in [0.25, 0.3) is 0 Å². The molecule has 2 unspecified atom stereocenters. The molecular formula is C11H21N3O3. The molecule has 0 aromatic rings. The van der Waals surface area contributed by atoms with E-state index in [2.05, 4.69) is 0 Å². The minimum Gasteiger partial charge on any atom is -0.379 e. The molecule has 1 aliphatic heterocycles. The number of carbonyl (C=O) groups is 2. The molecule has 17 heavy (non-hydrogen) atoms. The van der Waals surface area contributed by atoms with E-state index in [1.165, 1.54) is 4.90 Å². The van der Waals surface area contributed by atoms with Crippen LogP contribution in [-0.2, 0) is 14.3 Å². The maximum Gasteiger partial charge on any atom is 0.237 e. The van der Waals surface area contributed by atoms with Gasteiger partial charge >= 0.3 is 0 Å². The predicted molar refractivity (Wildman–Crippen MR) is 62.9 cm³/mol. The van der Waals surface area contributed by atoms with Crippen LogP contribution in [0.3, 0.4) is 0 Å². The smallest absolute Gasteiger partial charge is 0.237 e. The van der Waals surface area contributed by atoms with Crippen molar-refractivity contribution in [2.24, 2.45) is 23.3 Å². The zero-order valence-corrected chi connectivity index (χ0v) is 10.4. The Kier molecular flexibility index (Phi) is 4.89. The summed E-state index contributed by atoms with van der Waals surface area (Å²) in [7, 11) is 0. The molecule has 0 aliphatic carbocycles. The minimum absolute atomic E-state index is 0.0553. The molecule has 1 heterocycles. The van der Waals surface area contributed by atoms with E-state index in [1.807, 2.05) is 13.8 Å². The minimum atomic E-state index is -0.508. The summed E-state index contributed by atoms with van der Waals surface area (Å²) in [6.45, 7) is 5.12. The second kappa shape index (κ2) is 5.97. The highest BCUT2D eigenvalue weighted by Gasteiger charge is 2.34. The van der Waals surface area contributed by atoms with Gasteiger partial charge in [-0.3, -0.25) is 9.59 Å². The van der Waals surface area contributed by atoms with Crippen LogP contribution < -0.4 is 11.5 Å². The first kappa shape index (κ1) is 13.9. The van der Waals surface area contributed by atoms with E-state index in [0.29, 0.717) is 19.8 Å². The van der Waals surface area contributed by atoms with E-state index >= 15 is 0 Å². The molecule has 0 bridgehead atoms. The van der Waals surface area contributed by atoms with Gasteiger partial charge in [0.1, 0.15) is 0 Å². The number of primary amides is 1.